The molecule has 1 amide bonds. The van der Waals surface area contributed by atoms with Crippen LogP contribution in [0.3, 0.4) is 0 Å². The number of thiophene rings is 1. The minimum Gasteiger partial charge on any atom is -0.490 e. The molecule has 6 heterocycles. The number of aromatic nitrogens is 6. The van der Waals surface area contributed by atoms with Crippen molar-refractivity contribution in [2.24, 2.45) is 4.99 Å². The molecule has 4 aromatic heterocycles. The lowest BCUT2D eigenvalue weighted by Crippen LogP contribution is -2.44. The van der Waals surface area contributed by atoms with E-state index in [9.17, 15) is 4.79 Å². The third kappa shape index (κ3) is 8.98. The molecule has 3 aliphatic rings. The highest BCUT2D eigenvalue weighted by Gasteiger charge is 2.32. The smallest absolute Gasteiger partial charge is 0.272 e. The summed E-state index contributed by atoms with van der Waals surface area (Å²) >= 11 is 7.90. The standard InChI is InChI=1S/C45H46ClN11O4S/c1-26-27(2)62-45-41(26)42(51-38(21-40-48-16-18-60-40)43-55-52-28(3)57(43)45)30-6-4-29(5-7-30)24-56-17-19-59-35(25-56)23-49-39-15-14-37(53-54-39)44(58)50-32-9-12-33(13-10-32)61-34-11-8-31(22-47)36(46)20-34/h4-8,11,14-16,18,20,32-33,35,38H,9-10,12-13,17,19,21,23-25H2,1-3H3,(H,49,54)(H,50,58)/t32?,33?,35-,38-/m0/s1. The Morgan fingerprint density at radius 1 is 1.03 bits per heavy atom. The molecule has 1 aliphatic carbocycles. The zero-order chi connectivity index (χ0) is 42.7. The van der Waals surface area contributed by atoms with Gasteiger partial charge in [0.15, 0.2) is 17.4 Å². The molecule has 2 N–H and O–H groups in total. The van der Waals surface area contributed by atoms with Crippen LogP contribution in [0.4, 0.5) is 5.82 Å². The summed E-state index contributed by atoms with van der Waals surface area (Å²) in [5.74, 6) is 3.18. The molecule has 2 fully saturated rings. The summed E-state index contributed by atoms with van der Waals surface area (Å²) in [5.41, 5.74) is 6.18. The van der Waals surface area contributed by atoms with Gasteiger partial charge in [0.2, 0.25) is 0 Å². The number of aryl methyl sites for hydroxylation is 2. The summed E-state index contributed by atoms with van der Waals surface area (Å²) in [6.45, 7) is 9.84. The van der Waals surface area contributed by atoms with Crippen molar-refractivity contribution in [2.45, 2.75) is 83.7 Å². The molecule has 0 spiro atoms. The van der Waals surface area contributed by atoms with Gasteiger partial charge in [-0.15, -0.1) is 31.7 Å². The molecule has 62 heavy (non-hydrogen) atoms. The van der Waals surface area contributed by atoms with Crippen LogP contribution in [-0.4, -0.2) is 91.0 Å². The van der Waals surface area contributed by atoms with Gasteiger partial charge >= 0.3 is 0 Å². The molecule has 15 nitrogen and oxygen atoms in total. The lowest BCUT2D eigenvalue weighted by molar-refractivity contribution is -0.0240. The van der Waals surface area contributed by atoms with E-state index < -0.39 is 0 Å². The van der Waals surface area contributed by atoms with Crippen LogP contribution in [0, 0.1) is 32.1 Å². The van der Waals surface area contributed by atoms with E-state index in [1.54, 1.807) is 54.1 Å². The minimum atomic E-state index is -0.321. The molecule has 0 bridgehead atoms. The number of morpholine rings is 1. The van der Waals surface area contributed by atoms with E-state index >= 15 is 0 Å². The summed E-state index contributed by atoms with van der Waals surface area (Å²) in [5, 5.41) is 34.5. The number of hydrogen-bond donors (Lipinski definition) is 2. The van der Waals surface area contributed by atoms with Crippen LogP contribution in [0.25, 0.3) is 5.00 Å². The third-order valence-electron chi connectivity index (χ3n) is 11.7. The van der Waals surface area contributed by atoms with Crippen molar-refractivity contribution in [1.29, 1.82) is 5.26 Å². The summed E-state index contributed by atoms with van der Waals surface area (Å²) in [7, 11) is 0. The number of carbonyl (C=O) groups excluding carboxylic acids is 1. The number of carbonyl (C=O) groups is 1. The van der Waals surface area contributed by atoms with E-state index in [1.165, 1.54) is 16.0 Å². The lowest BCUT2D eigenvalue weighted by atomic mass is 9.93. The van der Waals surface area contributed by atoms with Gasteiger partial charge in [-0.3, -0.25) is 19.3 Å². The first kappa shape index (κ1) is 41.4. The second-order valence-electron chi connectivity index (χ2n) is 16.0. The number of hydrogen-bond acceptors (Lipinski definition) is 14. The van der Waals surface area contributed by atoms with Crippen LogP contribution >= 0.6 is 22.9 Å². The van der Waals surface area contributed by atoms with Crippen molar-refractivity contribution < 1.29 is 18.7 Å². The minimum absolute atomic E-state index is 0.0168. The molecule has 2 atom stereocenters. The number of nitrogens with zero attached hydrogens (tertiary/aromatic N) is 9. The Hall–Kier alpha value is -5.99. The fourth-order valence-corrected chi connectivity index (χ4v) is 9.75. The summed E-state index contributed by atoms with van der Waals surface area (Å²) in [6, 6.07) is 19.1. The van der Waals surface area contributed by atoms with Gasteiger partial charge in [-0.05, 0) is 81.8 Å². The highest BCUT2D eigenvalue weighted by Crippen LogP contribution is 2.39. The van der Waals surface area contributed by atoms with E-state index in [2.05, 4.69) is 89.7 Å². The number of fused-ring (bicyclic) bond motifs is 3. The van der Waals surface area contributed by atoms with Gasteiger partial charge in [0.25, 0.3) is 5.91 Å². The SMILES string of the molecule is Cc1sc2c(c1C)C(c1ccc(CN3CCO[C@@H](CNc4ccc(C(=O)NC5CCC(Oc6ccc(C#N)c(Cl)c6)CC5)nn4)C3)cc1)=N[C@@H](Cc1ncco1)c1nnc(C)n1-2. The van der Waals surface area contributed by atoms with Crippen molar-refractivity contribution in [3.63, 3.8) is 0 Å². The number of anilines is 1. The number of nitriles is 1. The Labute approximate surface area is 368 Å². The zero-order valence-corrected chi connectivity index (χ0v) is 36.2. The summed E-state index contributed by atoms with van der Waals surface area (Å²) in [4.78, 5) is 26.4. The molecule has 9 rings (SSSR count). The molecule has 6 aromatic rings. The highest BCUT2D eigenvalue weighted by atomic mass is 35.5. The average Bonchev–Trinajstić information content (AvgIpc) is 3.99. The Morgan fingerprint density at radius 2 is 1.87 bits per heavy atom. The first-order valence-electron chi connectivity index (χ1n) is 20.9. The first-order chi connectivity index (χ1) is 30.2. The van der Waals surface area contributed by atoms with Crippen molar-refractivity contribution in [3.8, 4) is 16.8 Å². The largest absolute Gasteiger partial charge is 0.490 e. The van der Waals surface area contributed by atoms with Gasteiger partial charge in [0.1, 0.15) is 40.8 Å². The molecule has 2 aliphatic heterocycles. The summed E-state index contributed by atoms with van der Waals surface area (Å²) < 4.78 is 20.0. The zero-order valence-electron chi connectivity index (χ0n) is 34.7. The molecule has 318 valence electrons. The van der Waals surface area contributed by atoms with Gasteiger partial charge in [0.05, 0.1) is 47.7 Å². The van der Waals surface area contributed by atoms with Crippen LogP contribution in [0.15, 0.2) is 76.5 Å². The number of halogens is 1. The molecular weight excluding hydrogens is 826 g/mol. The van der Waals surface area contributed by atoms with E-state index in [0.717, 1.165) is 78.8 Å². The first-order valence-corrected chi connectivity index (χ1v) is 22.1. The molecule has 1 saturated heterocycles. The maximum absolute atomic E-state index is 13.0. The lowest BCUT2D eigenvalue weighted by Gasteiger charge is -2.33. The fourth-order valence-electron chi connectivity index (χ4n) is 8.32. The number of rotatable bonds is 12. The number of benzene rings is 2. The Kier molecular flexibility index (Phi) is 12.1. The second kappa shape index (κ2) is 18.2. The number of oxazole rings is 1. The third-order valence-corrected chi connectivity index (χ3v) is 13.2. The van der Waals surface area contributed by atoms with Crippen LogP contribution in [0.5, 0.6) is 5.75 Å². The number of ether oxygens (including phenoxy) is 2. The van der Waals surface area contributed by atoms with Gasteiger partial charge in [0, 0.05) is 54.3 Å². The number of amides is 1. The molecule has 0 radical (unpaired) electrons. The predicted octanol–water partition coefficient (Wildman–Crippen LogP) is 7.12. The highest BCUT2D eigenvalue weighted by molar-refractivity contribution is 7.15. The molecule has 1 saturated carbocycles. The monoisotopic (exact) mass is 871 g/mol. The molecule has 17 heteroatoms. The van der Waals surface area contributed by atoms with Crippen LogP contribution in [0.1, 0.15) is 92.4 Å². The van der Waals surface area contributed by atoms with E-state index in [0.29, 0.717) is 47.6 Å². The van der Waals surface area contributed by atoms with Crippen LogP contribution in [0.2, 0.25) is 5.02 Å². The Balaban J connectivity index is 0.774. The quantitative estimate of drug-likeness (QED) is 0.127. The van der Waals surface area contributed by atoms with E-state index in [4.69, 9.17) is 35.7 Å². The van der Waals surface area contributed by atoms with Gasteiger partial charge in [-0.25, -0.2) is 4.98 Å². The molecular formula is C45H46ClN11O4S. The van der Waals surface area contributed by atoms with Crippen LogP contribution < -0.4 is 15.4 Å². The maximum Gasteiger partial charge on any atom is 0.272 e. The summed E-state index contributed by atoms with van der Waals surface area (Å²) in [6.07, 6.45) is 6.82. The average molecular weight is 872 g/mol. The predicted molar refractivity (Wildman–Crippen MR) is 234 cm³/mol. The van der Waals surface area contributed by atoms with Crippen molar-refractivity contribution >= 4 is 40.4 Å². The van der Waals surface area contributed by atoms with Gasteiger partial charge < -0.3 is 24.5 Å². The van der Waals surface area contributed by atoms with Crippen molar-refractivity contribution in [2.75, 3.05) is 31.6 Å². The maximum atomic E-state index is 13.0. The Morgan fingerprint density at radius 3 is 2.61 bits per heavy atom. The number of nitrogens with one attached hydrogen (secondary N) is 2. The normalized spacial score (nSPS) is 20.0. The number of aliphatic imine (C=N–C) groups is 1. The van der Waals surface area contributed by atoms with Crippen molar-refractivity contribution in [1.82, 2.24) is 40.2 Å². The second-order valence-corrected chi connectivity index (χ2v) is 17.6. The van der Waals surface area contributed by atoms with Gasteiger partial charge in [-0.1, -0.05) is 35.9 Å². The van der Waals surface area contributed by atoms with E-state index in [-0.39, 0.29) is 35.9 Å². The molecule has 0 unspecified atom stereocenters. The van der Waals surface area contributed by atoms with E-state index in [1.807, 2.05) is 6.92 Å². The van der Waals surface area contributed by atoms with Gasteiger partial charge in [-0.2, -0.15) is 5.26 Å². The fraction of sp³-hybridized carbons (Fsp3) is 0.378. The van der Waals surface area contributed by atoms with Crippen LogP contribution in [-0.2, 0) is 17.7 Å². The topological polar surface area (TPSA) is 182 Å². The Bertz CT molecular complexity index is 2610. The molecule has 2 aromatic carbocycles. The van der Waals surface area contributed by atoms with Crippen molar-refractivity contribution in [3.05, 3.63) is 128 Å².